The number of nitrogens with one attached hydrogen (secondary N) is 1. The van der Waals surface area contributed by atoms with E-state index in [1.807, 2.05) is 18.0 Å². The highest BCUT2D eigenvalue weighted by atomic mass is 32.2. The molecular formula is C13H25N3S. The highest BCUT2D eigenvalue weighted by Crippen LogP contribution is 2.02. The van der Waals surface area contributed by atoms with Crippen LogP contribution in [0.3, 0.4) is 0 Å². The van der Waals surface area contributed by atoms with Gasteiger partial charge < -0.3 is 5.32 Å². The first-order valence-corrected chi connectivity index (χ1v) is 7.98. The summed E-state index contributed by atoms with van der Waals surface area (Å²) in [5.41, 5.74) is 1.30. The Hall–Kier alpha value is -0.480. The first-order valence-electron chi connectivity index (χ1n) is 6.58. The molecule has 0 bridgehead atoms. The van der Waals surface area contributed by atoms with Crippen LogP contribution in [0.4, 0.5) is 0 Å². The first-order chi connectivity index (χ1) is 8.38. The second-order valence-corrected chi connectivity index (χ2v) is 5.26. The number of hydrogen-bond acceptors (Lipinski definition) is 3. The first kappa shape index (κ1) is 14.6. The van der Waals surface area contributed by atoms with E-state index in [4.69, 9.17) is 0 Å². The summed E-state index contributed by atoms with van der Waals surface area (Å²) in [4.78, 5) is 0. The highest BCUT2D eigenvalue weighted by molar-refractivity contribution is 7.98. The number of aromatic nitrogens is 2. The molecule has 98 valence electrons. The Morgan fingerprint density at radius 2 is 2.24 bits per heavy atom. The van der Waals surface area contributed by atoms with E-state index in [1.54, 1.807) is 0 Å². The molecule has 0 atom stereocenters. The molecule has 1 N–H and O–H groups in total. The van der Waals surface area contributed by atoms with Crippen molar-refractivity contribution >= 4 is 11.8 Å². The fraction of sp³-hybridized carbons (Fsp3) is 0.769. The van der Waals surface area contributed by atoms with E-state index in [-0.39, 0.29) is 0 Å². The van der Waals surface area contributed by atoms with Gasteiger partial charge in [-0.3, -0.25) is 4.68 Å². The normalized spacial score (nSPS) is 10.9. The lowest BCUT2D eigenvalue weighted by molar-refractivity contribution is 0.541. The van der Waals surface area contributed by atoms with E-state index < -0.39 is 0 Å². The largest absolute Gasteiger partial charge is 0.311 e. The minimum absolute atomic E-state index is 0.947. The summed E-state index contributed by atoms with van der Waals surface area (Å²) in [6.45, 7) is 5.27. The predicted octanol–water partition coefficient (Wildman–Crippen LogP) is 2.92. The Labute approximate surface area is 109 Å². The van der Waals surface area contributed by atoms with Gasteiger partial charge in [-0.15, -0.1) is 0 Å². The molecule has 0 saturated carbocycles. The summed E-state index contributed by atoms with van der Waals surface area (Å²) < 4.78 is 2.10. The molecule has 4 heteroatoms. The summed E-state index contributed by atoms with van der Waals surface area (Å²) in [7, 11) is 0. The molecule has 0 aliphatic carbocycles. The Bertz CT molecular complexity index is 286. The van der Waals surface area contributed by atoms with Gasteiger partial charge in [-0.05, 0) is 43.9 Å². The summed E-state index contributed by atoms with van der Waals surface area (Å²) in [5, 5.41) is 7.82. The van der Waals surface area contributed by atoms with Gasteiger partial charge in [0.2, 0.25) is 0 Å². The van der Waals surface area contributed by atoms with Gasteiger partial charge >= 0.3 is 0 Å². The minimum atomic E-state index is 0.947. The zero-order chi connectivity index (χ0) is 12.3. The summed E-state index contributed by atoms with van der Waals surface area (Å²) in [6.07, 6.45) is 9.17. The fourth-order valence-corrected chi connectivity index (χ4v) is 2.31. The van der Waals surface area contributed by atoms with Crippen LogP contribution in [0.15, 0.2) is 12.3 Å². The number of thioether (sulfide) groups is 1. The molecule has 0 unspecified atom stereocenters. The molecule has 3 nitrogen and oxygen atoms in total. The molecular weight excluding hydrogens is 230 g/mol. The topological polar surface area (TPSA) is 29.9 Å². The average molecular weight is 255 g/mol. The quantitative estimate of drug-likeness (QED) is 0.652. The van der Waals surface area contributed by atoms with Crippen molar-refractivity contribution in [2.45, 2.75) is 45.7 Å². The Morgan fingerprint density at radius 3 is 3.00 bits per heavy atom. The SMILES string of the molecule is CCCn1nccc1CNCCCCCSC. The van der Waals surface area contributed by atoms with Crippen LogP contribution in [-0.4, -0.2) is 28.3 Å². The minimum Gasteiger partial charge on any atom is -0.311 e. The van der Waals surface area contributed by atoms with Crippen molar-refractivity contribution in [3.8, 4) is 0 Å². The third-order valence-electron chi connectivity index (χ3n) is 2.75. The molecule has 0 aromatic carbocycles. The van der Waals surface area contributed by atoms with Gasteiger partial charge in [0, 0.05) is 19.3 Å². The maximum atomic E-state index is 4.32. The average Bonchev–Trinajstić information content (AvgIpc) is 2.76. The summed E-state index contributed by atoms with van der Waals surface area (Å²) in [5.74, 6) is 1.29. The Morgan fingerprint density at radius 1 is 1.35 bits per heavy atom. The smallest absolute Gasteiger partial charge is 0.0522 e. The van der Waals surface area contributed by atoms with Crippen LogP contribution in [-0.2, 0) is 13.1 Å². The van der Waals surface area contributed by atoms with Crippen LogP contribution in [0, 0.1) is 0 Å². The molecule has 1 heterocycles. The molecule has 0 aliphatic rings. The van der Waals surface area contributed by atoms with Crippen LogP contribution >= 0.6 is 11.8 Å². The van der Waals surface area contributed by atoms with Crippen molar-refractivity contribution < 1.29 is 0 Å². The van der Waals surface area contributed by atoms with E-state index in [9.17, 15) is 0 Å². The highest BCUT2D eigenvalue weighted by Gasteiger charge is 2.00. The summed E-state index contributed by atoms with van der Waals surface area (Å²) in [6, 6.07) is 2.11. The van der Waals surface area contributed by atoms with Crippen LogP contribution in [0.5, 0.6) is 0 Å². The van der Waals surface area contributed by atoms with Crippen LogP contribution in [0.1, 0.15) is 38.3 Å². The molecule has 0 fully saturated rings. The molecule has 1 rings (SSSR count). The van der Waals surface area contributed by atoms with E-state index >= 15 is 0 Å². The second-order valence-electron chi connectivity index (χ2n) is 4.28. The van der Waals surface area contributed by atoms with Crippen molar-refractivity contribution in [1.82, 2.24) is 15.1 Å². The molecule has 0 saturated heterocycles. The van der Waals surface area contributed by atoms with Crippen molar-refractivity contribution in [2.75, 3.05) is 18.6 Å². The number of nitrogens with zero attached hydrogens (tertiary/aromatic N) is 2. The predicted molar refractivity (Wildman–Crippen MR) is 76.5 cm³/mol. The van der Waals surface area contributed by atoms with Crippen LogP contribution in [0.25, 0.3) is 0 Å². The van der Waals surface area contributed by atoms with Gasteiger partial charge in [0.25, 0.3) is 0 Å². The zero-order valence-electron chi connectivity index (χ0n) is 11.1. The third kappa shape index (κ3) is 6.13. The lowest BCUT2D eigenvalue weighted by Crippen LogP contribution is -2.18. The van der Waals surface area contributed by atoms with E-state index in [0.717, 1.165) is 26.1 Å². The lowest BCUT2D eigenvalue weighted by atomic mass is 10.2. The van der Waals surface area contributed by atoms with Gasteiger partial charge in [-0.1, -0.05) is 13.3 Å². The van der Waals surface area contributed by atoms with Gasteiger partial charge in [-0.2, -0.15) is 16.9 Å². The molecule has 1 aromatic rings. The zero-order valence-corrected chi connectivity index (χ0v) is 11.9. The molecule has 1 aromatic heterocycles. The second kappa shape index (κ2) is 9.54. The Balaban J connectivity index is 2.07. The van der Waals surface area contributed by atoms with Gasteiger partial charge in [0.15, 0.2) is 0 Å². The van der Waals surface area contributed by atoms with Gasteiger partial charge in [0.1, 0.15) is 0 Å². The molecule has 0 amide bonds. The van der Waals surface area contributed by atoms with E-state index in [1.165, 1.54) is 30.7 Å². The molecule has 0 radical (unpaired) electrons. The number of unbranched alkanes of at least 4 members (excludes halogenated alkanes) is 2. The third-order valence-corrected chi connectivity index (χ3v) is 3.44. The van der Waals surface area contributed by atoms with Crippen molar-refractivity contribution in [3.63, 3.8) is 0 Å². The van der Waals surface area contributed by atoms with E-state index in [0.29, 0.717) is 0 Å². The van der Waals surface area contributed by atoms with Crippen LogP contribution in [0.2, 0.25) is 0 Å². The standard InChI is InChI=1S/C13H25N3S/c1-3-10-16-13(7-9-15-16)12-14-8-5-4-6-11-17-2/h7,9,14H,3-6,8,10-12H2,1-2H3. The van der Waals surface area contributed by atoms with Crippen molar-refractivity contribution in [1.29, 1.82) is 0 Å². The molecule has 17 heavy (non-hydrogen) atoms. The number of rotatable bonds is 10. The van der Waals surface area contributed by atoms with Crippen LogP contribution < -0.4 is 5.32 Å². The van der Waals surface area contributed by atoms with Gasteiger partial charge in [-0.25, -0.2) is 0 Å². The monoisotopic (exact) mass is 255 g/mol. The maximum Gasteiger partial charge on any atom is 0.0522 e. The molecule has 0 spiro atoms. The fourth-order valence-electron chi connectivity index (χ4n) is 1.81. The number of hydrogen-bond donors (Lipinski definition) is 1. The van der Waals surface area contributed by atoms with E-state index in [2.05, 4.69) is 34.3 Å². The summed E-state index contributed by atoms with van der Waals surface area (Å²) >= 11 is 1.94. The maximum absolute atomic E-state index is 4.32. The Kier molecular flexibility index (Phi) is 8.18. The van der Waals surface area contributed by atoms with Gasteiger partial charge in [0.05, 0.1) is 5.69 Å². The van der Waals surface area contributed by atoms with Crippen molar-refractivity contribution in [2.24, 2.45) is 0 Å². The van der Waals surface area contributed by atoms with Crippen molar-refractivity contribution in [3.05, 3.63) is 18.0 Å². The number of aryl methyl sites for hydroxylation is 1. The lowest BCUT2D eigenvalue weighted by Gasteiger charge is -2.07. The molecule has 0 aliphatic heterocycles.